The first-order valence-electron chi connectivity index (χ1n) is 8.23. The van der Waals surface area contributed by atoms with Crippen LogP contribution in [0.2, 0.25) is 0 Å². The van der Waals surface area contributed by atoms with Crippen molar-refractivity contribution in [1.29, 1.82) is 0 Å². The molecule has 0 saturated heterocycles. The number of nitrogens with one attached hydrogen (secondary N) is 1. The van der Waals surface area contributed by atoms with Crippen LogP contribution in [0, 0.1) is 13.8 Å². The van der Waals surface area contributed by atoms with Gasteiger partial charge in [0.05, 0.1) is 24.1 Å². The normalized spacial score (nSPS) is 14.2. The second kappa shape index (κ2) is 6.71. The molecule has 0 radical (unpaired) electrons. The Kier molecular flexibility index (Phi) is 4.77. The maximum Gasteiger partial charge on any atom is 0.259 e. The third-order valence-corrected chi connectivity index (χ3v) is 6.12. The van der Waals surface area contributed by atoms with Crippen molar-refractivity contribution < 1.29 is 5.11 Å². The average molecular weight is 357 g/mol. The molecule has 6 heteroatoms. The number of aliphatic hydroxyl groups excluding tert-OH is 1. The highest BCUT2D eigenvalue weighted by molar-refractivity contribution is 7.18. The van der Waals surface area contributed by atoms with Gasteiger partial charge in [0.2, 0.25) is 0 Å². The van der Waals surface area contributed by atoms with Crippen molar-refractivity contribution >= 4 is 21.6 Å². The van der Waals surface area contributed by atoms with E-state index in [1.165, 1.54) is 0 Å². The third-order valence-electron chi connectivity index (χ3n) is 5.02. The van der Waals surface area contributed by atoms with Gasteiger partial charge >= 0.3 is 0 Å². The van der Waals surface area contributed by atoms with Gasteiger partial charge in [0.25, 0.3) is 5.56 Å². The van der Waals surface area contributed by atoms with Crippen molar-refractivity contribution in [2.75, 3.05) is 13.7 Å². The number of nitrogens with zero attached hydrogens (tertiary/aromatic N) is 2. The molecular formula is C19H23N3O2S. The average Bonchev–Trinajstić information content (AvgIpc) is 2.89. The van der Waals surface area contributed by atoms with Gasteiger partial charge in [-0.15, -0.1) is 11.3 Å². The standard InChI is InChI=1S/C19H23N3O2S/c1-12-13(2)25-18-16(12)17(24)20-15(21-18)10-22(4)19(3,11-23)14-8-6-5-7-9-14/h5-9,23H,10-11H2,1-4H3,(H,20,21,24). The number of rotatable bonds is 5. The van der Waals surface area contributed by atoms with Crippen LogP contribution in [0.5, 0.6) is 0 Å². The molecule has 3 rings (SSSR count). The van der Waals surface area contributed by atoms with E-state index in [1.807, 2.05) is 63.1 Å². The summed E-state index contributed by atoms with van der Waals surface area (Å²) in [5.41, 5.74) is 1.36. The van der Waals surface area contributed by atoms with E-state index in [-0.39, 0.29) is 12.2 Å². The molecule has 2 heterocycles. The topological polar surface area (TPSA) is 69.2 Å². The summed E-state index contributed by atoms with van der Waals surface area (Å²) < 4.78 is 0. The maximum absolute atomic E-state index is 12.4. The molecule has 2 aromatic heterocycles. The zero-order chi connectivity index (χ0) is 18.2. The highest BCUT2D eigenvalue weighted by Crippen LogP contribution is 2.29. The van der Waals surface area contributed by atoms with Crippen LogP contribution in [0.15, 0.2) is 35.1 Å². The molecule has 0 bridgehead atoms. The largest absolute Gasteiger partial charge is 0.394 e. The highest BCUT2D eigenvalue weighted by atomic mass is 32.1. The first-order valence-corrected chi connectivity index (χ1v) is 9.05. The van der Waals surface area contributed by atoms with E-state index in [2.05, 4.69) is 9.97 Å². The molecule has 0 saturated carbocycles. The Balaban J connectivity index is 1.96. The van der Waals surface area contributed by atoms with Crippen LogP contribution in [0.25, 0.3) is 10.2 Å². The number of benzene rings is 1. The Labute approximate surface area is 151 Å². The van der Waals surface area contributed by atoms with Crippen LogP contribution in [0.1, 0.15) is 28.8 Å². The summed E-state index contributed by atoms with van der Waals surface area (Å²) in [4.78, 5) is 23.9. The zero-order valence-electron chi connectivity index (χ0n) is 15.0. The monoisotopic (exact) mass is 357 g/mol. The van der Waals surface area contributed by atoms with Gasteiger partial charge in [-0.3, -0.25) is 9.69 Å². The molecule has 0 aliphatic carbocycles. The maximum atomic E-state index is 12.4. The van der Waals surface area contributed by atoms with E-state index < -0.39 is 5.54 Å². The van der Waals surface area contributed by atoms with E-state index in [4.69, 9.17) is 0 Å². The van der Waals surface area contributed by atoms with Crippen LogP contribution < -0.4 is 5.56 Å². The predicted molar refractivity (Wildman–Crippen MR) is 102 cm³/mol. The van der Waals surface area contributed by atoms with Crippen LogP contribution >= 0.6 is 11.3 Å². The van der Waals surface area contributed by atoms with Gasteiger partial charge in [0.1, 0.15) is 10.7 Å². The van der Waals surface area contributed by atoms with E-state index in [0.717, 1.165) is 20.8 Å². The lowest BCUT2D eigenvalue weighted by atomic mass is 9.91. The summed E-state index contributed by atoms with van der Waals surface area (Å²) in [5.74, 6) is 0.608. The predicted octanol–water partition coefficient (Wildman–Crippen LogP) is 2.94. The number of aromatic nitrogens is 2. The van der Waals surface area contributed by atoms with Crippen molar-refractivity contribution in [2.24, 2.45) is 0 Å². The number of hydrogen-bond donors (Lipinski definition) is 2. The van der Waals surface area contributed by atoms with Crippen molar-refractivity contribution in [2.45, 2.75) is 32.9 Å². The molecular weight excluding hydrogens is 334 g/mol. The second-order valence-electron chi connectivity index (χ2n) is 6.63. The fourth-order valence-electron chi connectivity index (χ4n) is 3.00. The van der Waals surface area contributed by atoms with Gasteiger partial charge in [-0.1, -0.05) is 30.3 Å². The minimum Gasteiger partial charge on any atom is -0.394 e. The van der Waals surface area contributed by atoms with Crippen LogP contribution in [-0.4, -0.2) is 33.6 Å². The number of likely N-dealkylation sites (N-methyl/N-ethyl adjacent to an activating group) is 1. The van der Waals surface area contributed by atoms with Gasteiger partial charge in [-0.25, -0.2) is 4.98 Å². The van der Waals surface area contributed by atoms with Crippen LogP contribution in [0.3, 0.4) is 0 Å². The molecule has 1 unspecified atom stereocenters. The summed E-state index contributed by atoms with van der Waals surface area (Å²) >= 11 is 1.54. The Morgan fingerprint density at radius 3 is 2.60 bits per heavy atom. The van der Waals surface area contributed by atoms with Crippen LogP contribution in [0.4, 0.5) is 0 Å². The Bertz CT molecular complexity index is 948. The molecule has 1 atom stereocenters. The summed E-state index contributed by atoms with van der Waals surface area (Å²) in [6, 6.07) is 9.87. The summed E-state index contributed by atoms with van der Waals surface area (Å²) in [6.07, 6.45) is 0. The second-order valence-corrected chi connectivity index (χ2v) is 7.83. The molecule has 1 aromatic carbocycles. The van der Waals surface area contributed by atoms with Gasteiger partial charge in [-0.05, 0) is 38.9 Å². The lowest BCUT2D eigenvalue weighted by molar-refractivity contribution is 0.0540. The fourth-order valence-corrected chi connectivity index (χ4v) is 4.05. The Hall–Kier alpha value is -2.02. The van der Waals surface area contributed by atoms with Crippen molar-refractivity contribution in [3.63, 3.8) is 0 Å². The highest BCUT2D eigenvalue weighted by Gasteiger charge is 2.31. The molecule has 0 spiro atoms. The molecule has 0 aliphatic heterocycles. The van der Waals surface area contributed by atoms with Gasteiger partial charge in [0.15, 0.2) is 0 Å². The number of thiophene rings is 1. The number of H-pyrrole nitrogens is 1. The molecule has 0 fully saturated rings. The molecule has 3 aromatic rings. The number of fused-ring (bicyclic) bond motifs is 1. The number of aromatic amines is 1. The number of aliphatic hydroxyl groups is 1. The van der Waals surface area contributed by atoms with Crippen molar-refractivity contribution in [1.82, 2.24) is 14.9 Å². The van der Waals surface area contributed by atoms with E-state index in [1.54, 1.807) is 11.3 Å². The molecule has 2 N–H and O–H groups in total. The third kappa shape index (κ3) is 3.13. The zero-order valence-corrected chi connectivity index (χ0v) is 15.8. The SMILES string of the molecule is Cc1sc2nc(CN(C)C(C)(CO)c3ccccc3)[nH]c(=O)c2c1C. The fraction of sp³-hybridized carbons (Fsp3) is 0.368. The quantitative estimate of drug-likeness (QED) is 0.737. The Morgan fingerprint density at radius 1 is 1.28 bits per heavy atom. The molecule has 0 amide bonds. The van der Waals surface area contributed by atoms with Gasteiger partial charge in [0, 0.05) is 4.88 Å². The van der Waals surface area contributed by atoms with E-state index >= 15 is 0 Å². The molecule has 132 valence electrons. The minimum absolute atomic E-state index is 0.0305. The number of aryl methyl sites for hydroxylation is 2. The van der Waals surface area contributed by atoms with Crippen molar-refractivity contribution in [3.8, 4) is 0 Å². The first-order chi connectivity index (χ1) is 11.9. The molecule has 5 nitrogen and oxygen atoms in total. The van der Waals surface area contributed by atoms with E-state index in [9.17, 15) is 9.90 Å². The summed E-state index contributed by atoms with van der Waals surface area (Å²) in [7, 11) is 1.93. The number of hydrogen-bond acceptors (Lipinski definition) is 5. The van der Waals surface area contributed by atoms with Gasteiger partial charge < -0.3 is 10.1 Å². The smallest absolute Gasteiger partial charge is 0.259 e. The molecule has 25 heavy (non-hydrogen) atoms. The van der Waals surface area contributed by atoms with Gasteiger partial charge in [-0.2, -0.15) is 0 Å². The Morgan fingerprint density at radius 2 is 1.96 bits per heavy atom. The van der Waals surface area contributed by atoms with E-state index in [0.29, 0.717) is 17.8 Å². The lowest BCUT2D eigenvalue weighted by Gasteiger charge is -2.37. The summed E-state index contributed by atoms with van der Waals surface area (Å²) in [6.45, 7) is 6.35. The molecule has 0 aliphatic rings. The van der Waals surface area contributed by atoms with Crippen molar-refractivity contribution in [3.05, 3.63) is 62.5 Å². The minimum atomic E-state index is -0.559. The van der Waals surface area contributed by atoms with Crippen LogP contribution in [-0.2, 0) is 12.1 Å². The lowest BCUT2D eigenvalue weighted by Crippen LogP contribution is -2.44. The first kappa shape index (κ1) is 17.8. The summed E-state index contributed by atoms with van der Waals surface area (Å²) in [5, 5.41) is 10.7.